The minimum Gasteiger partial charge on any atom is -0.493 e. The molecule has 0 aliphatic carbocycles. The molecule has 2 N–H and O–H groups in total. The summed E-state index contributed by atoms with van der Waals surface area (Å²) in [6.45, 7) is 3.11. The van der Waals surface area contributed by atoms with Gasteiger partial charge in [-0.25, -0.2) is 0 Å². The maximum absolute atomic E-state index is 13.3. The number of benzene rings is 1. The molecule has 1 atom stereocenters. The number of carbonyl (C=O) groups excluding carboxylic acids is 2. The third-order valence-electron chi connectivity index (χ3n) is 5.62. The standard InChI is InChI=1S/C22H25N5O4S2/c1-13(27-19(24-25-22(27)32)18-7-6-10-33-18)20(28)23-15-12-17(31-3)16(30-2)11-14(15)21(29)26-8-4-5-9-26/h6-7,10-13H,4-5,8-9H2,1-3H3,(H,23,28)(H,25,32). The molecule has 2 aromatic heterocycles. The van der Waals surface area contributed by atoms with E-state index in [1.807, 2.05) is 17.5 Å². The lowest BCUT2D eigenvalue weighted by atomic mass is 10.1. The molecule has 2 amide bonds. The molecule has 0 radical (unpaired) electrons. The first-order valence-corrected chi connectivity index (χ1v) is 11.8. The van der Waals surface area contributed by atoms with E-state index < -0.39 is 6.04 Å². The Morgan fingerprint density at radius 2 is 1.91 bits per heavy atom. The van der Waals surface area contributed by atoms with Crippen molar-refractivity contribution in [3.8, 4) is 22.2 Å². The van der Waals surface area contributed by atoms with Gasteiger partial charge in [0, 0.05) is 19.2 Å². The third kappa shape index (κ3) is 4.51. The monoisotopic (exact) mass is 487 g/mol. The largest absolute Gasteiger partial charge is 0.493 e. The SMILES string of the molecule is COc1cc(NC(=O)C(C)n2c(-c3cccs3)n[nH]c2=S)c(C(=O)N2CCCC2)cc1OC. The Balaban J connectivity index is 1.68. The fraction of sp³-hybridized carbons (Fsp3) is 0.364. The number of methoxy groups -OCH3 is 2. The van der Waals surface area contributed by atoms with Crippen LogP contribution in [0.2, 0.25) is 0 Å². The number of rotatable bonds is 7. The molecule has 1 unspecified atom stereocenters. The van der Waals surface area contributed by atoms with Crippen LogP contribution in [0.4, 0.5) is 5.69 Å². The highest BCUT2D eigenvalue weighted by molar-refractivity contribution is 7.71. The van der Waals surface area contributed by atoms with Gasteiger partial charge in [0.2, 0.25) is 5.91 Å². The number of nitrogens with one attached hydrogen (secondary N) is 2. The second kappa shape index (κ2) is 9.75. The summed E-state index contributed by atoms with van der Waals surface area (Å²) in [5.41, 5.74) is 0.707. The molecule has 0 bridgehead atoms. The third-order valence-corrected chi connectivity index (χ3v) is 6.77. The summed E-state index contributed by atoms with van der Waals surface area (Å²) in [6, 6.07) is 6.36. The summed E-state index contributed by atoms with van der Waals surface area (Å²) >= 11 is 6.90. The number of likely N-dealkylation sites (tertiary alicyclic amines) is 1. The van der Waals surface area contributed by atoms with Crippen LogP contribution in [0.1, 0.15) is 36.2 Å². The molecule has 1 aliphatic heterocycles. The fourth-order valence-electron chi connectivity index (χ4n) is 3.85. The molecule has 1 fully saturated rings. The van der Waals surface area contributed by atoms with Gasteiger partial charge in [0.15, 0.2) is 22.1 Å². The Hall–Kier alpha value is -3.18. The molecule has 0 spiro atoms. The van der Waals surface area contributed by atoms with Crippen LogP contribution in [0.3, 0.4) is 0 Å². The number of aromatic amines is 1. The van der Waals surface area contributed by atoms with Crippen LogP contribution >= 0.6 is 23.6 Å². The molecule has 0 saturated carbocycles. The van der Waals surface area contributed by atoms with Crippen LogP contribution in [0.15, 0.2) is 29.6 Å². The van der Waals surface area contributed by atoms with E-state index >= 15 is 0 Å². The lowest BCUT2D eigenvalue weighted by Crippen LogP contribution is -2.30. The lowest BCUT2D eigenvalue weighted by molar-refractivity contribution is -0.118. The zero-order valence-corrected chi connectivity index (χ0v) is 20.2. The molecule has 1 aliphatic rings. The van der Waals surface area contributed by atoms with E-state index in [9.17, 15) is 9.59 Å². The van der Waals surface area contributed by atoms with Crippen molar-refractivity contribution in [1.29, 1.82) is 0 Å². The Bertz CT molecular complexity index is 1210. The molecule has 3 aromatic rings. The maximum Gasteiger partial charge on any atom is 0.256 e. The van der Waals surface area contributed by atoms with Gasteiger partial charge in [0.05, 0.1) is 30.3 Å². The number of aromatic nitrogens is 3. The normalized spacial score (nSPS) is 14.2. The number of amides is 2. The maximum atomic E-state index is 13.3. The van der Waals surface area contributed by atoms with Crippen molar-refractivity contribution in [1.82, 2.24) is 19.7 Å². The Labute approximate surface area is 200 Å². The molecule has 33 heavy (non-hydrogen) atoms. The van der Waals surface area contributed by atoms with Crippen LogP contribution in [0.25, 0.3) is 10.7 Å². The molecule has 3 heterocycles. The van der Waals surface area contributed by atoms with E-state index in [1.54, 1.807) is 28.5 Å². The number of hydrogen-bond donors (Lipinski definition) is 2. The summed E-state index contributed by atoms with van der Waals surface area (Å²) in [4.78, 5) is 29.2. The van der Waals surface area contributed by atoms with Gasteiger partial charge in [0.1, 0.15) is 6.04 Å². The van der Waals surface area contributed by atoms with Crippen molar-refractivity contribution in [3.05, 3.63) is 40.0 Å². The second-order valence-electron chi connectivity index (χ2n) is 7.62. The number of H-pyrrole nitrogens is 1. The van der Waals surface area contributed by atoms with Gasteiger partial charge in [-0.1, -0.05) is 6.07 Å². The highest BCUT2D eigenvalue weighted by Crippen LogP contribution is 2.35. The molecular formula is C22H25N5O4S2. The van der Waals surface area contributed by atoms with Crippen molar-refractivity contribution in [2.24, 2.45) is 0 Å². The second-order valence-corrected chi connectivity index (χ2v) is 8.95. The van der Waals surface area contributed by atoms with Gasteiger partial charge in [-0.2, -0.15) is 5.10 Å². The quantitative estimate of drug-likeness (QED) is 0.486. The highest BCUT2D eigenvalue weighted by atomic mass is 32.1. The van der Waals surface area contributed by atoms with Crippen LogP contribution in [-0.4, -0.2) is 58.8 Å². The van der Waals surface area contributed by atoms with Crippen LogP contribution in [0, 0.1) is 4.77 Å². The number of anilines is 1. The summed E-state index contributed by atoms with van der Waals surface area (Å²) in [7, 11) is 3.02. The molecule has 174 valence electrons. The fourth-order valence-corrected chi connectivity index (χ4v) is 4.85. The highest BCUT2D eigenvalue weighted by Gasteiger charge is 2.27. The van der Waals surface area contributed by atoms with Crippen LogP contribution in [0.5, 0.6) is 11.5 Å². The number of ether oxygens (including phenoxy) is 2. The van der Waals surface area contributed by atoms with Crippen molar-refractivity contribution in [2.45, 2.75) is 25.8 Å². The zero-order valence-electron chi connectivity index (χ0n) is 18.6. The van der Waals surface area contributed by atoms with Gasteiger partial charge in [-0.3, -0.25) is 19.3 Å². The number of hydrogen-bond acceptors (Lipinski definition) is 7. The molecule has 4 rings (SSSR count). The minimum atomic E-state index is -0.684. The molecule has 9 nitrogen and oxygen atoms in total. The first-order valence-electron chi connectivity index (χ1n) is 10.5. The smallest absolute Gasteiger partial charge is 0.256 e. The molecule has 1 aromatic carbocycles. The van der Waals surface area contributed by atoms with E-state index in [2.05, 4.69) is 15.5 Å². The van der Waals surface area contributed by atoms with Gasteiger partial charge in [-0.05, 0) is 49.5 Å². The predicted octanol–water partition coefficient (Wildman–Crippen LogP) is 4.12. The average molecular weight is 488 g/mol. The van der Waals surface area contributed by atoms with Gasteiger partial charge < -0.3 is 19.7 Å². The molecular weight excluding hydrogens is 462 g/mol. The van der Waals surface area contributed by atoms with E-state index in [1.165, 1.54) is 25.6 Å². The Morgan fingerprint density at radius 3 is 2.55 bits per heavy atom. The first kappa shape index (κ1) is 23.0. The average Bonchev–Trinajstić information content (AvgIpc) is 3.59. The van der Waals surface area contributed by atoms with Crippen LogP contribution in [-0.2, 0) is 4.79 Å². The zero-order chi connectivity index (χ0) is 23.5. The summed E-state index contributed by atoms with van der Waals surface area (Å²) in [5, 5.41) is 11.9. The number of carbonyl (C=O) groups is 2. The van der Waals surface area contributed by atoms with Crippen LogP contribution < -0.4 is 14.8 Å². The predicted molar refractivity (Wildman–Crippen MR) is 129 cm³/mol. The van der Waals surface area contributed by atoms with E-state index in [-0.39, 0.29) is 11.8 Å². The Morgan fingerprint density at radius 1 is 1.21 bits per heavy atom. The summed E-state index contributed by atoms with van der Waals surface area (Å²) in [6.07, 6.45) is 1.92. The molecule has 11 heteroatoms. The van der Waals surface area contributed by atoms with Crippen molar-refractivity contribution in [2.75, 3.05) is 32.6 Å². The van der Waals surface area contributed by atoms with Crippen molar-refractivity contribution in [3.63, 3.8) is 0 Å². The van der Waals surface area contributed by atoms with Crippen molar-refractivity contribution < 1.29 is 19.1 Å². The van der Waals surface area contributed by atoms with Gasteiger partial charge in [0.25, 0.3) is 5.91 Å². The van der Waals surface area contributed by atoms with E-state index in [4.69, 9.17) is 21.7 Å². The first-order chi connectivity index (χ1) is 15.9. The summed E-state index contributed by atoms with van der Waals surface area (Å²) in [5.74, 6) is 0.919. The van der Waals surface area contributed by atoms with Gasteiger partial charge in [-0.15, -0.1) is 11.3 Å². The van der Waals surface area contributed by atoms with Gasteiger partial charge >= 0.3 is 0 Å². The minimum absolute atomic E-state index is 0.157. The summed E-state index contributed by atoms with van der Waals surface area (Å²) < 4.78 is 12.8. The number of thiophene rings is 1. The van der Waals surface area contributed by atoms with Crippen molar-refractivity contribution >= 4 is 41.1 Å². The Kier molecular flexibility index (Phi) is 6.80. The topological polar surface area (TPSA) is 101 Å². The lowest BCUT2D eigenvalue weighted by Gasteiger charge is -2.21. The van der Waals surface area contributed by atoms with E-state index in [0.717, 1.165) is 17.7 Å². The van der Waals surface area contributed by atoms with E-state index in [0.29, 0.717) is 46.4 Å². The molecule has 1 saturated heterocycles. The number of nitrogens with zero attached hydrogens (tertiary/aromatic N) is 3.